The molecule has 1 aliphatic carbocycles. The lowest BCUT2D eigenvalue weighted by Crippen LogP contribution is -2.42. The minimum absolute atomic E-state index is 0.270. The maximum Gasteiger partial charge on any atom is 0.251 e. The van der Waals surface area contributed by atoms with E-state index in [1.54, 1.807) is 24.3 Å². The van der Waals surface area contributed by atoms with Crippen LogP contribution in [-0.4, -0.2) is 47.5 Å². The van der Waals surface area contributed by atoms with E-state index in [1.165, 1.54) is 0 Å². The molecule has 6 heteroatoms. The molecule has 1 fully saturated rings. The average Bonchev–Trinajstić information content (AvgIpc) is 2.77. The minimum Gasteiger partial charge on any atom is -0.492 e. The van der Waals surface area contributed by atoms with E-state index in [9.17, 15) is 15.0 Å². The summed E-state index contributed by atoms with van der Waals surface area (Å²) in [6.45, 7) is 0.863. The van der Waals surface area contributed by atoms with Gasteiger partial charge in [0.2, 0.25) is 0 Å². The second kappa shape index (κ2) is 6.69. The van der Waals surface area contributed by atoms with Gasteiger partial charge in [0.15, 0.2) is 0 Å². The monoisotopic (exact) mass is 280 g/mol. The third-order valence-electron chi connectivity index (χ3n) is 3.40. The van der Waals surface area contributed by atoms with Crippen LogP contribution in [-0.2, 0) is 0 Å². The van der Waals surface area contributed by atoms with E-state index in [4.69, 9.17) is 10.5 Å². The summed E-state index contributed by atoms with van der Waals surface area (Å²) in [5, 5.41) is 21.9. The molecule has 1 aromatic rings. The molecular weight excluding hydrogens is 260 g/mol. The first-order valence-electron chi connectivity index (χ1n) is 6.71. The van der Waals surface area contributed by atoms with Crippen LogP contribution >= 0.6 is 0 Å². The van der Waals surface area contributed by atoms with E-state index >= 15 is 0 Å². The third kappa shape index (κ3) is 3.47. The highest BCUT2D eigenvalue weighted by molar-refractivity contribution is 5.94. The van der Waals surface area contributed by atoms with Gasteiger partial charge in [-0.15, -0.1) is 0 Å². The summed E-state index contributed by atoms with van der Waals surface area (Å²) >= 11 is 0. The molecule has 0 heterocycles. The van der Waals surface area contributed by atoms with Crippen LogP contribution in [0.1, 0.15) is 23.2 Å². The van der Waals surface area contributed by atoms with Crippen molar-refractivity contribution in [1.82, 2.24) is 5.32 Å². The molecule has 1 saturated carbocycles. The van der Waals surface area contributed by atoms with Gasteiger partial charge in [-0.05, 0) is 37.1 Å². The number of nitrogens with two attached hydrogens (primary N) is 1. The first-order chi connectivity index (χ1) is 9.61. The standard InChI is InChI=1S/C14H20N2O4/c15-7-8-20-10-3-1-9(2-4-10)14(19)16-11-5-6-12(17)13(11)18/h1-4,11-13,17-18H,5-8,15H2,(H,16,19)/t11-,12-,13-/m1/s1. The van der Waals surface area contributed by atoms with Crippen LogP contribution < -0.4 is 15.8 Å². The Bertz CT molecular complexity index is 449. The fourth-order valence-electron chi connectivity index (χ4n) is 2.25. The molecule has 6 nitrogen and oxygen atoms in total. The Morgan fingerprint density at radius 1 is 1.30 bits per heavy atom. The molecule has 1 aliphatic rings. The SMILES string of the molecule is NCCOc1ccc(C(=O)N[C@@H]2CC[C@@H](O)[C@@H]2O)cc1. The van der Waals surface area contributed by atoms with Gasteiger partial charge >= 0.3 is 0 Å². The number of aliphatic hydroxyl groups excluding tert-OH is 2. The predicted molar refractivity (Wildman–Crippen MR) is 73.5 cm³/mol. The summed E-state index contributed by atoms with van der Waals surface area (Å²) in [6.07, 6.45) is -0.581. The minimum atomic E-state index is -0.897. The van der Waals surface area contributed by atoms with Gasteiger partial charge in [-0.3, -0.25) is 4.79 Å². The smallest absolute Gasteiger partial charge is 0.251 e. The first kappa shape index (κ1) is 14.8. The van der Waals surface area contributed by atoms with Crippen LogP contribution in [0.3, 0.4) is 0 Å². The molecule has 3 atom stereocenters. The lowest BCUT2D eigenvalue weighted by Gasteiger charge is -2.18. The summed E-state index contributed by atoms with van der Waals surface area (Å²) in [4.78, 5) is 12.0. The molecule has 20 heavy (non-hydrogen) atoms. The summed E-state index contributed by atoms with van der Waals surface area (Å²) < 4.78 is 5.32. The molecule has 1 aromatic carbocycles. The molecule has 0 aromatic heterocycles. The lowest BCUT2D eigenvalue weighted by atomic mass is 10.1. The molecule has 0 bridgehead atoms. The number of ether oxygens (including phenoxy) is 1. The van der Waals surface area contributed by atoms with Crippen LogP contribution in [0, 0.1) is 0 Å². The van der Waals surface area contributed by atoms with Gasteiger partial charge in [-0.2, -0.15) is 0 Å². The quantitative estimate of drug-likeness (QED) is 0.589. The van der Waals surface area contributed by atoms with Crippen molar-refractivity contribution in [3.05, 3.63) is 29.8 Å². The maximum absolute atomic E-state index is 12.0. The topological polar surface area (TPSA) is 105 Å². The number of amides is 1. The molecule has 110 valence electrons. The fourth-order valence-corrected chi connectivity index (χ4v) is 2.25. The molecule has 0 aliphatic heterocycles. The average molecular weight is 280 g/mol. The van der Waals surface area contributed by atoms with Crippen molar-refractivity contribution in [2.45, 2.75) is 31.1 Å². The first-order valence-corrected chi connectivity index (χ1v) is 6.71. The van der Waals surface area contributed by atoms with Crippen LogP contribution in [0.4, 0.5) is 0 Å². The van der Waals surface area contributed by atoms with Crippen LogP contribution in [0.5, 0.6) is 5.75 Å². The largest absolute Gasteiger partial charge is 0.492 e. The molecule has 0 radical (unpaired) electrons. The van der Waals surface area contributed by atoms with Gasteiger partial charge in [0.05, 0.1) is 12.1 Å². The van der Waals surface area contributed by atoms with E-state index in [1.807, 2.05) is 0 Å². The summed E-state index contributed by atoms with van der Waals surface area (Å²) in [5.74, 6) is 0.386. The van der Waals surface area contributed by atoms with Gasteiger partial charge in [0, 0.05) is 12.1 Å². The lowest BCUT2D eigenvalue weighted by molar-refractivity contribution is 0.0296. The molecule has 5 N–H and O–H groups in total. The fraction of sp³-hybridized carbons (Fsp3) is 0.500. The van der Waals surface area contributed by atoms with E-state index < -0.39 is 18.2 Å². The zero-order valence-electron chi connectivity index (χ0n) is 11.2. The number of nitrogens with one attached hydrogen (secondary N) is 1. The number of carbonyl (C=O) groups excluding carboxylic acids is 1. The zero-order valence-corrected chi connectivity index (χ0v) is 11.2. The number of carbonyl (C=O) groups is 1. The van der Waals surface area contributed by atoms with Gasteiger partial charge in [-0.1, -0.05) is 0 Å². The molecule has 0 unspecified atom stereocenters. The normalized spacial score (nSPS) is 25.4. The van der Waals surface area contributed by atoms with Crippen molar-refractivity contribution in [1.29, 1.82) is 0 Å². The van der Waals surface area contributed by atoms with Crippen molar-refractivity contribution >= 4 is 5.91 Å². The second-order valence-corrected chi connectivity index (χ2v) is 4.88. The van der Waals surface area contributed by atoms with Crippen molar-refractivity contribution in [2.24, 2.45) is 5.73 Å². The molecule has 1 amide bonds. The second-order valence-electron chi connectivity index (χ2n) is 4.88. The number of hydrogen-bond donors (Lipinski definition) is 4. The molecular formula is C14H20N2O4. The van der Waals surface area contributed by atoms with Crippen LogP contribution in [0.15, 0.2) is 24.3 Å². The Morgan fingerprint density at radius 2 is 2.00 bits per heavy atom. The summed E-state index contributed by atoms with van der Waals surface area (Å²) in [6, 6.07) is 6.30. The van der Waals surface area contributed by atoms with Crippen molar-refractivity contribution in [3.8, 4) is 5.75 Å². The van der Waals surface area contributed by atoms with Gasteiger partial charge in [0.25, 0.3) is 5.91 Å². The van der Waals surface area contributed by atoms with Crippen LogP contribution in [0.25, 0.3) is 0 Å². The zero-order chi connectivity index (χ0) is 14.5. The Morgan fingerprint density at radius 3 is 2.55 bits per heavy atom. The predicted octanol–water partition coefficient (Wildman–Crippen LogP) is -0.362. The third-order valence-corrected chi connectivity index (χ3v) is 3.40. The highest BCUT2D eigenvalue weighted by Gasteiger charge is 2.34. The Kier molecular flexibility index (Phi) is 4.94. The Hall–Kier alpha value is -1.63. The van der Waals surface area contributed by atoms with Gasteiger partial charge in [0.1, 0.15) is 18.5 Å². The van der Waals surface area contributed by atoms with E-state index in [-0.39, 0.29) is 5.91 Å². The van der Waals surface area contributed by atoms with Gasteiger partial charge < -0.3 is 26.0 Å². The number of rotatable bonds is 5. The Balaban J connectivity index is 1.92. The number of aliphatic hydroxyl groups is 2. The van der Waals surface area contributed by atoms with E-state index in [0.717, 1.165) is 0 Å². The van der Waals surface area contributed by atoms with Crippen LogP contribution in [0.2, 0.25) is 0 Å². The molecule has 0 saturated heterocycles. The number of benzene rings is 1. The number of hydrogen-bond acceptors (Lipinski definition) is 5. The Labute approximate surface area is 117 Å². The summed E-state index contributed by atoms with van der Waals surface area (Å²) in [5.41, 5.74) is 5.82. The van der Waals surface area contributed by atoms with Crippen molar-refractivity contribution < 1.29 is 19.7 Å². The highest BCUT2D eigenvalue weighted by atomic mass is 16.5. The highest BCUT2D eigenvalue weighted by Crippen LogP contribution is 2.20. The van der Waals surface area contributed by atoms with Crippen molar-refractivity contribution in [2.75, 3.05) is 13.2 Å². The molecule has 0 spiro atoms. The van der Waals surface area contributed by atoms with Gasteiger partial charge in [-0.25, -0.2) is 0 Å². The summed E-state index contributed by atoms with van der Waals surface area (Å²) in [7, 11) is 0. The van der Waals surface area contributed by atoms with E-state index in [0.29, 0.717) is 37.3 Å². The maximum atomic E-state index is 12.0. The van der Waals surface area contributed by atoms with Crippen molar-refractivity contribution in [3.63, 3.8) is 0 Å². The molecule has 2 rings (SSSR count). The van der Waals surface area contributed by atoms with E-state index in [2.05, 4.69) is 5.32 Å².